The number of nitrogens with one attached hydrogen (secondary N) is 2. The van der Waals surface area contributed by atoms with E-state index in [0.717, 1.165) is 64.5 Å². The van der Waals surface area contributed by atoms with Gasteiger partial charge in [-0.05, 0) is 75.2 Å². The zero-order valence-corrected chi connectivity index (χ0v) is 22.7. The number of H-pyrrole nitrogens is 2. The summed E-state index contributed by atoms with van der Waals surface area (Å²) in [4.78, 5) is 20.2. The molecule has 0 spiro atoms. The second-order valence-electron chi connectivity index (χ2n) is 9.79. The van der Waals surface area contributed by atoms with E-state index in [4.69, 9.17) is 9.97 Å². The number of nitrogens with zero attached hydrogens (tertiary/aromatic N) is 5. The summed E-state index contributed by atoms with van der Waals surface area (Å²) in [6.45, 7) is 15.2. The van der Waals surface area contributed by atoms with Gasteiger partial charge < -0.3 is 4.98 Å². The molecule has 4 aromatic rings. The van der Waals surface area contributed by atoms with E-state index < -0.39 is 0 Å². The average Bonchev–Trinajstić information content (AvgIpc) is 3.57. The molecule has 4 aromatic heterocycles. The molecule has 0 bridgehead atoms. The van der Waals surface area contributed by atoms with Gasteiger partial charge in [0.1, 0.15) is 5.52 Å². The molecule has 1 aliphatic rings. The highest BCUT2D eigenvalue weighted by Gasteiger charge is 2.19. The maximum absolute atomic E-state index is 5.04. The molecule has 198 valence electrons. The highest BCUT2D eigenvalue weighted by Crippen LogP contribution is 2.30. The Labute approximate surface area is 229 Å². The van der Waals surface area contributed by atoms with Gasteiger partial charge in [0, 0.05) is 35.8 Å². The van der Waals surface area contributed by atoms with Gasteiger partial charge in [-0.25, -0.2) is 9.97 Å². The molecular formula is C32H35N7. The molecule has 7 heteroatoms. The fraction of sp³-hybridized carbons (Fsp3) is 0.250. The van der Waals surface area contributed by atoms with Crippen LogP contribution < -0.4 is 0 Å². The summed E-state index contributed by atoms with van der Waals surface area (Å²) in [6, 6.07) is 7.99. The summed E-state index contributed by atoms with van der Waals surface area (Å²) >= 11 is 0. The largest absolute Gasteiger partial charge is 0.340 e. The van der Waals surface area contributed by atoms with E-state index in [2.05, 4.69) is 50.4 Å². The maximum Gasteiger partial charge on any atom is 0.161 e. The van der Waals surface area contributed by atoms with Crippen molar-refractivity contribution in [3.63, 3.8) is 0 Å². The Morgan fingerprint density at radius 2 is 1.95 bits per heavy atom. The molecule has 0 saturated carbocycles. The van der Waals surface area contributed by atoms with E-state index >= 15 is 0 Å². The third kappa shape index (κ3) is 5.73. The third-order valence-corrected chi connectivity index (χ3v) is 7.09. The summed E-state index contributed by atoms with van der Waals surface area (Å²) in [5, 5.41) is 7.71. The number of likely N-dealkylation sites (tertiary alicyclic amines) is 1. The first-order valence-corrected chi connectivity index (χ1v) is 13.5. The van der Waals surface area contributed by atoms with E-state index in [1.54, 1.807) is 12.3 Å². The first-order valence-electron chi connectivity index (χ1n) is 13.5. The minimum absolute atomic E-state index is 0.659. The molecule has 5 rings (SSSR count). The minimum atomic E-state index is 0.659. The summed E-state index contributed by atoms with van der Waals surface area (Å²) in [5.41, 5.74) is 9.12. The van der Waals surface area contributed by atoms with Crippen molar-refractivity contribution in [1.29, 1.82) is 0 Å². The molecular weight excluding hydrogens is 482 g/mol. The number of fused-ring (bicyclic) bond motifs is 1. The third-order valence-electron chi connectivity index (χ3n) is 7.09. The fourth-order valence-corrected chi connectivity index (χ4v) is 5.06. The Morgan fingerprint density at radius 3 is 2.67 bits per heavy atom. The molecule has 2 N–H and O–H groups in total. The summed E-state index contributed by atoms with van der Waals surface area (Å²) < 4.78 is 0. The van der Waals surface area contributed by atoms with Gasteiger partial charge in [-0.3, -0.25) is 15.0 Å². The Kier molecular flexibility index (Phi) is 8.08. The maximum atomic E-state index is 5.04. The van der Waals surface area contributed by atoms with Gasteiger partial charge in [-0.15, -0.1) is 0 Å². The number of allylic oxidation sites excluding steroid dienone is 5. The predicted octanol–water partition coefficient (Wildman–Crippen LogP) is 6.67. The van der Waals surface area contributed by atoms with Gasteiger partial charge in [0.05, 0.1) is 16.9 Å². The van der Waals surface area contributed by atoms with Crippen LogP contribution in [0.15, 0.2) is 85.8 Å². The van der Waals surface area contributed by atoms with Crippen LogP contribution >= 0.6 is 0 Å². The molecule has 7 nitrogen and oxygen atoms in total. The van der Waals surface area contributed by atoms with Gasteiger partial charge in [-0.2, -0.15) is 5.10 Å². The van der Waals surface area contributed by atoms with Crippen molar-refractivity contribution in [2.45, 2.75) is 33.1 Å². The van der Waals surface area contributed by atoms with E-state index in [0.29, 0.717) is 11.5 Å². The highest BCUT2D eigenvalue weighted by molar-refractivity contribution is 5.90. The molecule has 5 heterocycles. The number of aromatic nitrogens is 6. The van der Waals surface area contributed by atoms with Crippen LogP contribution in [-0.2, 0) is 0 Å². The molecule has 0 amide bonds. The lowest BCUT2D eigenvalue weighted by Gasteiger charge is -2.26. The first-order chi connectivity index (χ1) is 19.1. The van der Waals surface area contributed by atoms with Gasteiger partial charge in [0.25, 0.3) is 0 Å². The number of aryl methyl sites for hydroxylation is 1. The first kappa shape index (κ1) is 26.3. The standard InChI is InChI=1S/C32H35N7/c1-5-12-26(25-13-11-16-33-20-25)29-22(4)34-32(36-29)31-30-28(37-38-31)15-14-27(35-30)24(7-3)19-23(6-2)21-39-17-9-8-10-18-39/h5-7,11-16,19-20H,1-2,8-10,17-18,21H2,3-4H3,(H,34,36)(H,37,38)/b23-19+,24-7+,26-12-. The fourth-order valence-electron chi connectivity index (χ4n) is 5.06. The van der Waals surface area contributed by atoms with Crippen LogP contribution in [0.3, 0.4) is 0 Å². The minimum Gasteiger partial charge on any atom is -0.340 e. The molecule has 0 aromatic carbocycles. The molecule has 0 atom stereocenters. The summed E-state index contributed by atoms with van der Waals surface area (Å²) in [5.74, 6) is 0.659. The van der Waals surface area contributed by atoms with E-state index in [1.165, 1.54) is 24.8 Å². The van der Waals surface area contributed by atoms with Crippen molar-refractivity contribution >= 4 is 22.2 Å². The van der Waals surface area contributed by atoms with Crippen molar-refractivity contribution in [3.05, 3.63) is 108 Å². The van der Waals surface area contributed by atoms with Gasteiger partial charge in [0.2, 0.25) is 0 Å². The van der Waals surface area contributed by atoms with E-state index in [-0.39, 0.29) is 0 Å². The Balaban J connectivity index is 1.49. The molecule has 1 fully saturated rings. The van der Waals surface area contributed by atoms with Crippen molar-refractivity contribution in [2.24, 2.45) is 0 Å². The van der Waals surface area contributed by atoms with Crippen molar-refractivity contribution in [1.82, 2.24) is 35.0 Å². The highest BCUT2D eigenvalue weighted by atomic mass is 15.2. The summed E-state index contributed by atoms with van der Waals surface area (Å²) in [6.07, 6.45) is 17.4. The zero-order chi connectivity index (χ0) is 27.2. The van der Waals surface area contributed by atoms with Crippen LogP contribution in [0.2, 0.25) is 0 Å². The quantitative estimate of drug-likeness (QED) is 0.242. The zero-order valence-electron chi connectivity index (χ0n) is 22.7. The van der Waals surface area contributed by atoms with Gasteiger partial charge in [-0.1, -0.05) is 49.9 Å². The lowest BCUT2D eigenvalue weighted by atomic mass is 10.0. The normalized spacial score (nSPS) is 15.6. The van der Waals surface area contributed by atoms with Crippen molar-refractivity contribution in [3.8, 4) is 11.5 Å². The van der Waals surface area contributed by atoms with Crippen LogP contribution in [0.4, 0.5) is 0 Å². The van der Waals surface area contributed by atoms with Gasteiger partial charge in [0.15, 0.2) is 11.5 Å². The molecule has 0 radical (unpaired) electrons. The number of aromatic amines is 2. The number of pyridine rings is 2. The average molecular weight is 518 g/mol. The van der Waals surface area contributed by atoms with Crippen LogP contribution in [-0.4, -0.2) is 54.7 Å². The number of imidazole rings is 1. The number of piperidine rings is 1. The monoisotopic (exact) mass is 517 g/mol. The van der Waals surface area contributed by atoms with E-state index in [1.807, 2.05) is 56.5 Å². The number of hydrogen-bond donors (Lipinski definition) is 2. The molecule has 39 heavy (non-hydrogen) atoms. The summed E-state index contributed by atoms with van der Waals surface area (Å²) in [7, 11) is 0. The molecule has 0 unspecified atom stereocenters. The molecule has 1 aliphatic heterocycles. The van der Waals surface area contributed by atoms with Crippen LogP contribution in [0.5, 0.6) is 0 Å². The molecule has 0 aliphatic carbocycles. The lowest BCUT2D eigenvalue weighted by molar-refractivity contribution is 0.248. The van der Waals surface area contributed by atoms with E-state index in [9.17, 15) is 0 Å². The Hall–Kier alpha value is -4.36. The topological polar surface area (TPSA) is 86.4 Å². The second-order valence-corrected chi connectivity index (χ2v) is 9.79. The van der Waals surface area contributed by atoms with Crippen molar-refractivity contribution < 1.29 is 0 Å². The Morgan fingerprint density at radius 1 is 1.10 bits per heavy atom. The lowest BCUT2D eigenvalue weighted by Crippen LogP contribution is -2.31. The van der Waals surface area contributed by atoms with Crippen molar-refractivity contribution in [2.75, 3.05) is 19.6 Å². The number of hydrogen-bond acceptors (Lipinski definition) is 5. The smallest absolute Gasteiger partial charge is 0.161 e. The molecule has 1 saturated heterocycles. The SMILES string of the molecule is C=C/C=C(/c1cccnc1)c1nc(-c2n[nH]c3ccc(C(/C=C(\C=C)CN4CCCCC4)=C/C)nc23)[nH]c1C. The number of rotatable bonds is 9. The Bertz CT molecular complexity index is 1560. The van der Waals surface area contributed by atoms with Crippen LogP contribution in [0.1, 0.15) is 48.8 Å². The second kappa shape index (κ2) is 12.0. The van der Waals surface area contributed by atoms with Gasteiger partial charge >= 0.3 is 0 Å². The van der Waals surface area contributed by atoms with Crippen LogP contribution in [0.25, 0.3) is 33.7 Å². The predicted molar refractivity (Wildman–Crippen MR) is 160 cm³/mol. The van der Waals surface area contributed by atoms with Crippen LogP contribution in [0, 0.1) is 6.92 Å².